The first-order valence-electron chi connectivity index (χ1n) is 7.91. The molecule has 1 spiro atoms. The van der Waals surface area contributed by atoms with E-state index in [1.807, 2.05) is 4.90 Å². The average Bonchev–Trinajstić information content (AvgIpc) is 3.20. The molecule has 5 heteroatoms. The first-order valence-corrected chi connectivity index (χ1v) is 7.91. The van der Waals surface area contributed by atoms with Crippen molar-refractivity contribution < 1.29 is 14.0 Å². The molecule has 1 aliphatic carbocycles. The lowest BCUT2D eigenvalue weighted by Crippen LogP contribution is -2.34. The monoisotopic (exact) mass is 302 g/mol. The summed E-state index contributed by atoms with van der Waals surface area (Å²) >= 11 is 0. The van der Waals surface area contributed by atoms with Crippen LogP contribution in [0.1, 0.15) is 25.7 Å². The largest absolute Gasteiger partial charge is 0.342 e. The topological polar surface area (TPSA) is 40.6 Å². The van der Waals surface area contributed by atoms with Crippen LogP contribution >= 0.6 is 0 Å². The zero-order valence-corrected chi connectivity index (χ0v) is 12.4. The third kappa shape index (κ3) is 2.28. The molecule has 22 heavy (non-hydrogen) atoms. The molecule has 0 bridgehead atoms. The molecule has 2 amide bonds. The van der Waals surface area contributed by atoms with E-state index in [2.05, 4.69) is 0 Å². The molecule has 0 N–H and O–H groups in total. The Morgan fingerprint density at radius 2 is 1.91 bits per heavy atom. The third-order valence-corrected chi connectivity index (χ3v) is 5.14. The zero-order chi connectivity index (χ0) is 15.3. The fourth-order valence-corrected chi connectivity index (χ4v) is 3.74. The summed E-state index contributed by atoms with van der Waals surface area (Å²) in [6.45, 7) is 2.08. The number of hydrogen-bond acceptors (Lipinski definition) is 2. The molecule has 2 saturated heterocycles. The second-order valence-corrected chi connectivity index (χ2v) is 6.92. The number of carbonyl (C=O) groups excluding carboxylic acids is 2. The number of nitrogens with zero attached hydrogens (tertiary/aromatic N) is 2. The number of amides is 2. The maximum absolute atomic E-state index is 13.0. The molecule has 1 aromatic rings. The number of carbonyl (C=O) groups is 2. The highest BCUT2D eigenvalue weighted by atomic mass is 19.1. The molecule has 0 aromatic heterocycles. The third-order valence-electron chi connectivity index (χ3n) is 5.14. The van der Waals surface area contributed by atoms with Crippen molar-refractivity contribution >= 4 is 17.5 Å². The molecular formula is C17H19FN2O2. The summed E-state index contributed by atoms with van der Waals surface area (Å²) in [5.74, 6) is 0.282. The van der Waals surface area contributed by atoms with Gasteiger partial charge in [-0.05, 0) is 43.5 Å². The Hall–Kier alpha value is -1.91. The Labute approximate surface area is 128 Å². The Balaban J connectivity index is 1.50. The van der Waals surface area contributed by atoms with E-state index in [-0.39, 0.29) is 29.0 Å². The molecule has 1 saturated carbocycles. The van der Waals surface area contributed by atoms with Crippen LogP contribution in [0.4, 0.5) is 10.1 Å². The van der Waals surface area contributed by atoms with Gasteiger partial charge in [-0.25, -0.2) is 4.39 Å². The Morgan fingerprint density at radius 1 is 1.18 bits per heavy atom. The number of hydrogen-bond donors (Lipinski definition) is 0. The van der Waals surface area contributed by atoms with E-state index in [9.17, 15) is 14.0 Å². The SMILES string of the molecule is O=C(C1CC1)N1CCC2(CC(=O)N(c3ccc(F)cc3)C2)C1. The first-order chi connectivity index (χ1) is 10.6. The molecule has 1 aromatic carbocycles. The molecule has 3 fully saturated rings. The maximum Gasteiger partial charge on any atom is 0.227 e. The van der Waals surface area contributed by atoms with E-state index in [4.69, 9.17) is 0 Å². The molecule has 3 aliphatic rings. The van der Waals surface area contributed by atoms with Gasteiger partial charge in [0.2, 0.25) is 11.8 Å². The fourth-order valence-electron chi connectivity index (χ4n) is 3.74. The van der Waals surface area contributed by atoms with Gasteiger partial charge in [0, 0.05) is 43.1 Å². The normalized spacial score (nSPS) is 28.0. The molecule has 2 aliphatic heterocycles. The van der Waals surface area contributed by atoms with E-state index in [0.717, 1.165) is 31.5 Å². The number of benzene rings is 1. The van der Waals surface area contributed by atoms with Gasteiger partial charge in [-0.2, -0.15) is 0 Å². The van der Waals surface area contributed by atoms with Gasteiger partial charge in [0.1, 0.15) is 5.82 Å². The van der Waals surface area contributed by atoms with Crippen molar-refractivity contribution in [2.45, 2.75) is 25.7 Å². The van der Waals surface area contributed by atoms with Gasteiger partial charge in [-0.3, -0.25) is 9.59 Å². The van der Waals surface area contributed by atoms with Gasteiger partial charge in [-0.15, -0.1) is 0 Å². The Kier molecular flexibility index (Phi) is 2.99. The molecule has 2 heterocycles. The van der Waals surface area contributed by atoms with Gasteiger partial charge in [0.25, 0.3) is 0 Å². The average molecular weight is 302 g/mol. The minimum Gasteiger partial charge on any atom is -0.342 e. The molecular weight excluding hydrogens is 283 g/mol. The number of anilines is 1. The number of rotatable bonds is 2. The van der Waals surface area contributed by atoms with E-state index in [1.165, 1.54) is 12.1 Å². The Morgan fingerprint density at radius 3 is 2.59 bits per heavy atom. The van der Waals surface area contributed by atoms with Gasteiger partial charge in [-0.1, -0.05) is 0 Å². The second kappa shape index (κ2) is 4.80. The molecule has 116 valence electrons. The summed E-state index contributed by atoms with van der Waals surface area (Å²) in [6, 6.07) is 6.05. The van der Waals surface area contributed by atoms with Crippen molar-refractivity contribution in [3.05, 3.63) is 30.1 Å². The fraction of sp³-hybridized carbons (Fsp3) is 0.529. The van der Waals surface area contributed by atoms with Crippen LogP contribution in [-0.4, -0.2) is 36.3 Å². The number of halogens is 1. The number of likely N-dealkylation sites (tertiary alicyclic amines) is 1. The summed E-state index contributed by atoms with van der Waals surface area (Å²) in [6.07, 6.45) is 3.40. The highest BCUT2D eigenvalue weighted by Gasteiger charge is 2.50. The van der Waals surface area contributed by atoms with Crippen LogP contribution in [0.25, 0.3) is 0 Å². The second-order valence-electron chi connectivity index (χ2n) is 6.92. The van der Waals surface area contributed by atoms with Crippen molar-refractivity contribution in [1.29, 1.82) is 0 Å². The smallest absolute Gasteiger partial charge is 0.227 e. The van der Waals surface area contributed by atoms with Crippen LogP contribution in [0.2, 0.25) is 0 Å². The van der Waals surface area contributed by atoms with Crippen molar-refractivity contribution in [3.63, 3.8) is 0 Å². The lowest BCUT2D eigenvalue weighted by atomic mass is 9.86. The maximum atomic E-state index is 13.0. The van der Waals surface area contributed by atoms with Gasteiger partial charge >= 0.3 is 0 Å². The lowest BCUT2D eigenvalue weighted by molar-refractivity contribution is -0.132. The predicted octanol–water partition coefficient (Wildman–Crippen LogP) is 2.19. The standard InChI is InChI=1S/C17H19FN2O2/c18-13-3-5-14(6-4-13)20-11-17(9-15(20)21)7-8-19(10-17)16(22)12-1-2-12/h3-6,12H,1-2,7-11H2. The first kappa shape index (κ1) is 13.7. The van der Waals surface area contributed by atoms with E-state index in [1.54, 1.807) is 17.0 Å². The van der Waals surface area contributed by atoms with Crippen LogP contribution in [0.3, 0.4) is 0 Å². The van der Waals surface area contributed by atoms with Crippen LogP contribution in [0, 0.1) is 17.2 Å². The summed E-state index contributed by atoms with van der Waals surface area (Å²) in [5.41, 5.74) is 0.631. The molecule has 1 unspecified atom stereocenters. The van der Waals surface area contributed by atoms with Crippen LogP contribution in [-0.2, 0) is 9.59 Å². The molecule has 4 nitrogen and oxygen atoms in total. The van der Waals surface area contributed by atoms with Gasteiger partial charge in [0.05, 0.1) is 0 Å². The van der Waals surface area contributed by atoms with Crippen LogP contribution < -0.4 is 4.90 Å². The zero-order valence-electron chi connectivity index (χ0n) is 12.4. The predicted molar refractivity (Wildman–Crippen MR) is 79.7 cm³/mol. The molecule has 1 atom stereocenters. The van der Waals surface area contributed by atoms with Crippen LogP contribution in [0.15, 0.2) is 24.3 Å². The van der Waals surface area contributed by atoms with Gasteiger partial charge in [0.15, 0.2) is 0 Å². The lowest BCUT2D eigenvalue weighted by Gasteiger charge is -2.24. The van der Waals surface area contributed by atoms with E-state index in [0.29, 0.717) is 19.5 Å². The summed E-state index contributed by atoms with van der Waals surface area (Å²) in [4.78, 5) is 28.3. The van der Waals surface area contributed by atoms with Gasteiger partial charge < -0.3 is 9.80 Å². The highest BCUT2D eigenvalue weighted by molar-refractivity contribution is 5.96. The van der Waals surface area contributed by atoms with Crippen molar-refractivity contribution in [2.75, 3.05) is 24.5 Å². The van der Waals surface area contributed by atoms with Crippen molar-refractivity contribution in [1.82, 2.24) is 4.90 Å². The summed E-state index contributed by atoms with van der Waals surface area (Å²) in [5, 5.41) is 0. The summed E-state index contributed by atoms with van der Waals surface area (Å²) in [7, 11) is 0. The van der Waals surface area contributed by atoms with E-state index >= 15 is 0 Å². The minimum atomic E-state index is -0.299. The summed E-state index contributed by atoms with van der Waals surface area (Å²) < 4.78 is 13.0. The minimum absolute atomic E-state index is 0.0762. The van der Waals surface area contributed by atoms with Crippen molar-refractivity contribution in [2.24, 2.45) is 11.3 Å². The molecule has 4 rings (SSSR count). The van der Waals surface area contributed by atoms with E-state index < -0.39 is 0 Å². The van der Waals surface area contributed by atoms with Crippen LogP contribution in [0.5, 0.6) is 0 Å². The quantitative estimate of drug-likeness (QED) is 0.840. The molecule has 0 radical (unpaired) electrons. The Bertz CT molecular complexity index is 626. The van der Waals surface area contributed by atoms with Crippen molar-refractivity contribution in [3.8, 4) is 0 Å². The highest BCUT2D eigenvalue weighted by Crippen LogP contribution is 2.43.